The molecule has 2 heterocycles. The van der Waals surface area contributed by atoms with Crippen LogP contribution in [0, 0.1) is 0 Å². The Hall–Kier alpha value is -1.44. The SMILES string of the molecule is NCc1cc(C(=O)N2CCNCC(O)C2)no1. The number of carbonyl (C=O) groups excluding carboxylic acids is 1. The van der Waals surface area contributed by atoms with Crippen LogP contribution in [0.5, 0.6) is 0 Å². The van der Waals surface area contributed by atoms with Crippen LogP contribution in [0.25, 0.3) is 0 Å². The molecular weight excluding hydrogens is 224 g/mol. The summed E-state index contributed by atoms with van der Waals surface area (Å²) in [7, 11) is 0. The van der Waals surface area contributed by atoms with E-state index in [2.05, 4.69) is 10.5 Å². The summed E-state index contributed by atoms with van der Waals surface area (Å²) in [5, 5.41) is 16.3. The van der Waals surface area contributed by atoms with Gasteiger partial charge in [0.15, 0.2) is 11.5 Å². The van der Waals surface area contributed by atoms with E-state index >= 15 is 0 Å². The van der Waals surface area contributed by atoms with Crippen LogP contribution in [-0.2, 0) is 6.54 Å². The van der Waals surface area contributed by atoms with Crippen LogP contribution in [0.3, 0.4) is 0 Å². The second kappa shape index (κ2) is 5.26. The second-order valence-corrected chi connectivity index (χ2v) is 3.99. The van der Waals surface area contributed by atoms with Gasteiger partial charge in [-0.25, -0.2) is 0 Å². The summed E-state index contributed by atoms with van der Waals surface area (Å²) < 4.78 is 4.88. The van der Waals surface area contributed by atoms with Gasteiger partial charge in [0.25, 0.3) is 5.91 Å². The van der Waals surface area contributed by atoms with Crippen LogP contribution in [0.2, 0.25) is 0 Å². The molecule has 1 aliphatic heterocycles. The van der Waals surface area contributed by atoms with Gasteiger partial charge in [-0.05, 0) is 0 Å². The zero-order valence-corrected chi connectivity index (χ0v) is 9.43. The average Bonchev–Trinajstić information content (AvgIpc) is 2.71. The Labute approximate surface area is 98.6 Å². The third-order valence-electron chi connectivity index (χ3n) is 2.64. The molecule has 1 atom stereocenters. The molecule has 1 fully saturated rings. The number of nitrogens with one attached hydrogen (secondary N) is 1. The van der Waals surface area contributed by atoms with Gasteiger partial charge in [-0.15, -0.1) is 0 Å². The number of aliphatic hydroxyl groups is 1. The predicted octanol–water partition coefficient (Wildman–Crippen LogP) is -1.46. The topological polar surface area (TPSA) is 105 Å². The highest BCUT2D eigenvalue weighted by molar-refractivity contribution is 5.92. The first-order valence-electron chi connectivity index (χ1n) is 5.54. The van der Waals surface area contributed by atoms with Gasteiger partial charge in [0.1, 0.15) is 0 Å². The van der Waals surface area contributed by atoms with Crippen LogP contribution >= 0.6 is 0 Å². The lowest BCUT2D eigenvalue weighted by atomic mass is 10.3. The summed E-state index contributed by atoms with van der Waals surface area (Å²) >= 11 is 0. The summed E-state index contributed by atoms with van der Waals surface area (Å²) in [6.45, 7) is 2.21. The molecule has 1 aromatic rings. The number of carbonyl (C=O) groups is 1. The van der Waals surface area contributed by atoms with Gasteiger partial charge < -0.3 is 25.6 Å². The van der Waals surface area contributed by atoms with Crippen molar-refractivity contribution in [1.29, 1.82) is 0 Å². The van der Waals surface area contributed by atoms with Crippen LogP contribution in [0.4, 0.5) is 0 Å². The van der Waals surface area contributed by atoms with Gasteiger partial charge in [0, 0.05) is 32.2 Å². The molecule has 4 N–H and O–H groups in total. The number of nitrogens with zero attached hydrogens (tertiary/aromatic N) is 2. The molecule has 7 heteroatoms. The van der Waals surface area contributed by atoms with E-state index in [1.165, 1.54) is 6.07 Å². The van der Waals surface area contributed by atoms with Gasteiger partial charge in [0.05, 0.1) is 12.6 Å². The molecule has 0 aromatic carbocycles. The van der Waals surface area contributed by atoms with Crippen LogP contribution in [0.1, 0.15) is 16.2 Å². The van der Waals surface area contributed by atoms with Crippen molar-refractivity contribution in [3.63, 3.8) is 0 Å². The summed E-state index contributed by atoms with van der Waals surface area (Å²) in [5.41, 5.74) is 5.62. The van der Waals surface area contributed by atoms with Crippen LogP contribution < -0.4 is 11.1 Å². The van der Waals surface area contributed by atoms with Crippen molar-refractivity contribution < 1.29 is 14.4 Å². The van der Waals surface area contributed by atoms with Crippen molar-refractivity contribution >= 4 is 5.91 Å². The average molecular weight is 240 g/mol. The Morgan fingerprint density at radius 2 is 2.59 bits per heavy atom. The molecule has 1 saturated heterocycles. The predicted molar refractivity (Wildman–Crippen MR) is 59.2 cm³/mol. The van der Waals surface area contributed by atoms with E-state index < -0.39 is 6.10 Å². The van der Waals surface area contributed by atoms with Crippen LogP contribution in [-0.4, -0.2) is 53.4 Å². The molecule has 0 spiro atoms. The molecule has 0 aliphatic carbocycles. The first kappa shape index (κ1) is 12.0. The zero-order chi connectivity index (χ0) is 12.3. The van der Waals surface area contributed by atoms with Crippen molar-refractivity contribution in [3.05, 3.63) is 17.5 Å². The normalized spacial score (nSPS) is 21.3. The molecular formula is C10H16N4O3. The van der Waals surface area contributed by atoms with E-state index in [4.69, 9.17) is 10.3 Å². The lowest BCUT2D eigenvalue weighted by Crippen LogP contribution is -2.37. The molecule has 1 aromatic heterocycles. The van der Waals surface area contributed by atoms with Gasteiger partial charge in [0.2, 0.25) is 0 Å². The Bertz CT molecular complexity index is 393. The minimum absolute atomic E-state index is 0.213. The van der Waals surface area contributed by atoms with Crippen molar-refractivity contribution in [2.75, 3.05) is 26.2 Å². The Morgan fingerprint density at radius 3 is 3.29 bits per heavy atom. The maximum absolute atomic E-state index is 12.1. The molecule has 0 saturated carbocycles. The Balaban J connectivity index is 2.07. The minimum Gasteiger partial charge on any atom is -0.390 e. The summed E-state index contributed by atoms with van der Waals surface area (Å²) in [4.78, 5) is 13.6. The Kier molecular flexibility index (Phi) is 3.72. The van der Waals surface area contributed by atoms with Crippen molar-refractivity contribution in [2.24, 2.45) is 5.73 Å². The number of nitrogens with two attached hydrogens (primary N) is 1. The molecule has 1 amide bonds. The number of rotatable bonds is 2. The van der Waals surface area contributed by atoms with Gasteiger partial charge in [-0.1, -0.05) is 5.16 Å². The molecule has 2 rings (SSSR count). The third-order valence-corrected chi connectivity index (χ3v) is 2.64. The van der Waals surface area contributed by atoms with E-state index in [0.717, 1.165) is 0 Å². The maximum atomic E-state index is 12.1. The number of aromatic nitrogens is 1. The van der Waals surface area contributed by atoms with E-state index in [0.29, 0.717) is 31.9 Å². The molecule has 94 valence electrons. The van der Waals surface area contributed by atoms with E-state index in [1.54, 1.807) is 4.90 Å². The highest BCUT2D eigenvalue weighted by atomic mass is 16.5. The standard InChI is InChI=1S/C10H16N4O3/c11-4-8-3-9(13-17-8)10(16)14-2-1-12-5-7(15)6-14/h3,7,12,15H,1-2,4-6,11H2. The van der Waals surface area contributed by atoms with Gasteiger partial charge in [-0.3, -0.25) is 4.79 Å². The van der Waals surface area contributed by atoms with Crippen molar-refractivity contribution in [1.82, 2.24) is 15.4 Å². The minimum atomic E-state index is -0.553. The number of amides is 1. The smallest absolute Gasteiger partial charge is 0.276 e. The summed E-state index contributed by atoms with van der Waals surface area (Å²) in [6, 6.07) is 1.53. The van der Waals surface area contributed by atoms with Gasteiger partial charge >= 0.3 is 0 Å². The lowest BCUT2D eigenvalue weighted by Gasteiger charge is -2.20. The van der Waals surface area contributed by atoms with E-state index in [1.807, 2.05) is 0 Å². The molecule has 1 aliphatic rings. The molecule has 17 heavy (non-hydrogen) atoms. The fourth-order valence-electron chi connectivity index (χ4n) is 1.75. The van der Waals surface area contributed by atoms with Crippen molar-refractivity contribution in [2.45, 2.75) is 12.6 Å². The summed E-state index contributed by atoms with van der Waals surface area (Å²) in [6.07, 6.45) is -0.553. The van der Waals surface area contributed by atoms with Gasteiger partial charge in [-0.2, -0.15) is 0 Å². The lowest BCUT2D eigenvalue weighted by molar-refractivity contribution is 0.0663. The third kappa shape index (κ3) is 2.82. The fourth-order valence-corrected chi connectivity index (χ4v) is 1.75. The fraction of sp³-hybridized carbons (Fsp3) is 0.600. The zero-order valence-electron chi connectivity index (χ0n) is 9.43. The summed E-state index contributed by atoms with van der Waals surface area (Å²) in [5.74, 6) is 0.234. The van der Waals surface area contributed by atoms with Crippen molar-refractivity contribution in [3.8, 4) is 0 Å². The van der Waals surface area contributed by atoms with E-state index in [9.17, 15) is 9.90 Å². The molecule has 0 radical (unpaired) electrons. The molecule has 1 unspecified atom stereocenters. The highest BCUT2D eigenvalue weighted by Crippen LogP contribution is 2.08. The number of β-amino-alcohol motifs (C(OH)–C–C–N with tert-alkyl or cyclic N) is 1. The number of aliphatic hydroxyl groups excluding tert-OH is 1. The first-order chi connectivity index (χ1) is 8.20. The first-order valence-corrected chi connectivity index (χ1v) is 5.54. The number of hydrogen-bond acceptors (Lipinski definition) is 6. The monoisotopic (exact) mass is 240 g/mol. The largest absolute Gasteiger partial charge is 0.390 e. The van der Waals surface area contributed by atoms with Crippen LogP contribution in [0.15, 0.2) is 10.6 Å². The quantitative estimate of drug-likeness (QED) is 0.583. The number of hydrogen-bond donors (Lipinski definition) is 3. The molecule has 7 nitrogen and oxygen atoms in total. The van der Waals surface area contributed by atoms with E-state index in [-0.39, 0.29) is 18.1 Å². The highest BCUT2D eigenvalue weighted by Gasteiger charge is 2.23. The maximum Gasteiger partial charge on any atom is 0.276 e. The second-order valence-electron chi connectivity index (χ2n) is 3.99. The molecule has 0 bridgehead atoms. The Morgan fingerprint density at radius 1 is 1.76 bits per heavy atom.